The molecule has 0 atom stereocenters. The molecule has 0 saturated carbocycles. The number of hydrogen-bond acceptors (Lipinski definition) is 5. The number of esters is 1. The fourth-order valence-corrected chi connectivity index (χ4v) is 2.37. The van der Waals surface area contributed by atoms with Crippen LogP contribution in [0.4, 0.5) is 5.69 Å². The molecule has 0 heterocycles. The molecule has 6 nitrogen and oxygen atoms in total. The van der Waals surface area contributed by atoms with Crippen LogP contribution in [0.15, 0.2) is 51.4 Å². The van der Waals surface area contributed by atoms with Crippen molar-refractivity contribution in [3.63, 3.8) is 0 Å². The van der Waals surface area contributed by atoms with E-state index >= 15 is 0 Å². The molecule has 0 aliphatic carbocycles. The van der Waals surface area contributed by atoms with Crippen molar-refractivity contribution in [2.24, 2.45) is 0 Å². The normalized spacial score (nSPS) is 10.2. The number of halogens is 2. The zero-order valence-corrected chi connectivity index (χ0v) is 14.7. The number of carbonyl (C=O) groups excluding carboxylic acids is 2. The van der Waals surface area contributed by atoms with Crippen molar-refractivity contribution in [1.82, 2.24) is 0 Å². The Morgan fingerprint density at radius 1 is 1.04 bits per heavy atom. The Bertz CT molecular complexity index is 774. The van der Waals surface area contributed by atoms with E-state index in [1.165, 1.54) is 12.1 Å². The van der Waals surface area contributed by atoms with Crippen LogP contribution in [0.2, 0.25) is 0 Å². The first-order valence-corrected chi connectivity index (χ1v) is 7.87. The molecule has 0 bridgehead atoms. The molecular formula is C15H9Br2NO5. The Hall–Kier alpha value is -2.06. The van der Waals surface area contributed by atoms with Crippen LogP contribution in [0.25, 0.3) is 0 Å². The van der Waals surface area contributed by atoms with Crippen molar-refractivity contribution in [3.05, 3.63) is 72.7 Å². The number of rotatable bonds is 5. The molecule has 0 saturated heterocycles. The summed E-state index contributed by atoms with van der Waals surface area (Å²) in [5.74, 6) is -1.16. The molecule has 118 valence electrons. The van der Waals surface area contributed by atoms with Crippen LogP contribution in [0.3, 0.4) is 0 Å². The van der Waals surface area contributed by atoms with Crippen LogP contribution in [0.5, 0.6) is 0 Å². The van der Waals surface area contributed by atoms with E-state index < -0.39 is 17.5 Å². The van der Waals surface area contributed by atoms with Gasteiger partial charge in [-0.1, -0.05) is 28.1 Å². The lowest BCUT2D eigenvalue weighted by atomic mass is 10.1. The van der Waals surface area contributed by atoms with Gasteiger partial charge in [0.2, 0.25) is 0 Å². The fraction of sp³-hybridized carbons (Fsp3) is 0.0667. The third kappa shape index (κ3) is 4.46. The van der Waals surface area contributed by atoms with Crippen molar-refractivity contribution in [3.8, 4) is 0 Å². The van der Waals surface area contributed by atoms with E-state index in [0.717, 1.165) is 10.5 Å². The number of ketones is 1. The molecule has 23 heavy (non-hydrogen) atoms. The number of nitro groups is 1. The van der Waals surface area contributed by atoms with E-state index in [1.54, 1.807) is 24.3 Å². The molecule has 2 aromatic carbocycles. The predicted octanol–water partition coefficient (Wildman–Crippen LogP) is 4.16. The minimum absolute atomic E-state index is 0.00325. The topological polar surface area (TPSA) is 86.5 Å². The van der Waals surface area contributed by atoms with E-state index in [4.69, 9.17) is 4.74 Å². The molecule has 2 rings (SSSR count). The number of carbonyl (C=O) groups is 2. The summed E-state index contributed by atoms with van der Waals surface area (Å²) in [5, 5.41) is 10.8. The predicted molar refractivity (Wildman–Crippen MR) is 89.6 cm³/mol. The van der Waals surface area contributed by atoms with Gasteiger partial charge in [-0.25, -0.2) is 4.79 Å². The first-order chi connectivity index (χ1) is 10.9. The van der Waals surface area contributed by atoms with Crippen LogP contribution >= 0.6 is 31.9 Å². The summed E-state index contributed by atoms with van der Waals surface area (Å²) in [6.07, 6.45) is 0. The van der Waals surface area contributed by atoms with E-state index in [0.29, 0.717) is 5.56 Å². The molecule has 0 radical (unpaired) electrons. The average molecular weight is 443 g/mol. The van der Waals surface area contributed by atoms with Gasteiger partial charge >= 0.3 is 5.97 Å². The summed E-state index contributed by atoms with van der Waals surface area (Å²) >= 11 is 6.28. The van der Waals surface area contributed by atoms with E-state index in [1.807, 2.05) is 0 Å². The van der Waals surface area contributed by atoms with Gasteiger partial charge < -0.3 is 4.74 Å². The molecule has 0 amide bonds. The van der Waals surface area contributed by atoms with Crippen molar-refractivity contribution in [2.75, 3.05) is 6.61 Å². The van der Waals surface area contributed by atoms with Gasteiger partial charge in [0.25, 0.3) is 5.69 Å². The molecule has 0 aliphatic rings. The van der Waals surface area contributed by atoms with Gasteiger partial charge in [0.05, 0.1) is 15.0 Å². The lowest BCUT2D eigenvalue weighted by molar-refractivity contribution is -0.385. The number of Topliss-reactive ketones (excluding diaryl/α,β-unsaturated/α-hetero) is 1. The summed E-state index contributed by atoms with van der Waals surface area (Å²) in [6.45, 7) is -0.440. The molecule has 0 aromatic heterocycles. The Balaban J connectivity index is 2.05. The van der Waals surface area contributed by atoms with Gasteiger partial charge in [0, 0.05) is 16.1 Å². The van der Waals surface area contributed by atoms with E-state index in [9.17, 15) is 19.7 Å². The zero-order valence-electron chi connectivity index (χ0n) is 11.5. The first kappa shape index (κ1) is 17.3. The third-order valence-electron chi connectivity index (χ3n) is 2.88. The smallest absolute Gasteiger partial charge is 0.338 e. The van der Waals surface area contributed by atoms with Crippen LogP contribution in [-0.2, 0) is 4.74 Å². The maximum absolute atomic E-state index is 11.9. The second-order valence-corrected chi connectivity index (χ2v) is 6.20. The van der Waals surface area contributed by atoms with Crippen molar-refractivity contribution in [1.29, 1.82) is 0 Å². The number of nitrogens with zero attached hydrogens (tertiary/aromatic N) is 1. The highest BCUT2D eigenvalue weighted by Crippen LogP contribution is 2.25. The standard InChI is InChI=1S/C15H9Br2NO5/c16-11-4-1-9(2-5-11)14(19)8-23-15(20)10-3-6-12(17)13(7-10)18(21)22/h1-7H,8H2. The molecule has 2 aromatic rings. The molecule has 8 heteroatoms. The number of nitro benzene ring substituents is 1. The Kier molecular flexibility index (Phi) is 5.62. The lowest BCUT2D eigenvalue weighted by Gasteiger charge is -2.05. The summed E-state index contributed by atoms with van der Waals surface area (Å²) in [7, 11) is 0. The molecule has 0 N–H and O–H groups in total. The van der Waals surface area contributed by atoms with Crippen LogP contribution < -0.4 is 0 Å². The van der Waals surface area contributed by atoms with Gasteiger partial charge in [-0.2, -0.15) is 0 Å². The van der Waals surface area contributed by atoms with Crippen LogP contribution in [-0.4, -0.2) is 23.3 Å². The van der Waals surface area contributed by atoms with Crippen molar-refractivity contribution in [2.45, 2.75) is 0 Å². The van der Waals surface area contributed by atoms with Crippen molar-refractivity contribution < 1.29 is 19.2 Å². The first-order valence-electron chi connectivity index (χ1n) is 6.28. The highest BCUT2D eigenvalue weighted by molar-refractivity contribution is 9.10. The Morgan fingerprint density at radius 2 is 1.65 bits per heavy atom. The monoisotopic (exact) mass is 441 g/mol. The molecule has 0 fully saturated rings. The average Bonchev–Trinajstić information content (AvgIpc) is 2.53. The SMILES string of the molecule is O=C(COC(=O)c1ccc(Br)c([N+](=O)[O-])c1)c1ccc(Br)cc1. The third-order valence-corrected chi connectivity index (χ3v) is 4.08. The second kappa shape index (κ2) is 7.47. The molecule has 0 aliphatic heterocycles. The maximum atomic E-state index is 11.9. The van der Waals surface area contributed by atoms with Crippen LogP contribution in [0.1, 0.15) is 20.7 Å². The summed E-state index contributed by atoms with van der Waals surface area (Å²) in [6, 6.07) is 10.5. The molecule has 0 spiro atoms. The lowest BCUT2D eigenvalue weighted by Crippen LogP contribution is -2.14. The summed E-state index contributed by atoms with van der Waals surface area (Å²) in [5.41, 5.74) is 0.157. The van der Waals surface area contributed by atoms with Gasteiger partial charge in [0.15, 0.2) is 12.4 Å². The summed E-state index contributed by atoms with van der Waals surface area (Å²) < 4.78 is 5.99. The summed E-state index contributed by atoms with van der Waals surface area (Å²) in [4.78, 5) is 34.0. The quantitative estimate of drug-likeness (QED) is 0.300. The minimum Gasteiger partial charge on any atom is -0.454 e. The number of ether oxygens (including phenoxy) is 1. The largest absolute Gasteiger partial charge is 0.454 e. The van der Waals surface area contributed by atoms with Gasteiger partial charge in [0.1, 0.15) is 0 Å². The maximum Gasteiger partial charge on any atom is 0.338 e. The minimum atomic E-state index is -0.800. The van der Waals surface area contributed by atoms with E-state index in [2.05, 4.69) is 31.9 Å². The zero-order chi connectivity index (χ0) is 17.0. The van der Waals surface area contributed by atoms with Gasteiger partial charge in [-0.3, -0.25) is 14.9 Å². The Labute approximate surface area is 147 Å². The molecular weight excluding hydrogens is 434 g/mol. The Morgan fingerprint density at radius 3 is 2.26 bits per heavy atom. The van der Waals surface area contributed by atoms with Crippen LogP contribution in [0, 0.1) is 10.1 Å². The fourth-order valence-electron chi connectivity index (χ4n) is 1.71. The number of hydrogen-bond donors (Lipinski definition) is 0. The van der Waals surface area contributed by atoms with E-state index in [-0.39, 0.29) is 21.5 Å². The second-order valence-electron chi connectivity index (χ2n) is 4.43. The highest BCUT2D eigenvalue weighted by Gasteiger charge is 2.18. The number of benzene rings is 2. The van der Waals surface area contributed by atoms with Gasteiger partial charge in [-0.15, -0.1) is 0 Å². The molecule has 0 unspecified atom stereocenters. The van der Waals surface area contributed by atoms with Crippen molar-refractivity contribution >= 4 is 49.3 Å². The van der Waals surface area contributed by atoms with Gasteiger partial charge in [-0.05, 0) is 40.2 Å². The highest BCUT2D eigenvalue weighted by atomic mass is 79.9.